The molecule has 3 N–H and O–H groups in total. The number of carbonyl (C=O) groups is 1. The number of amides is 1. The summed E-state index contributed by atoms with van der Waals surface area (Å²) in [5.41, 5.74) is 0.763. The lowest BCUT2D eigenvalue weighted by Gasteiger charge is -2.25. The van der Waals surface area contributed by atoms with E-state index < -0.39 is 0 Å². The van der Waals surface area contributed by atoms with E-state index in [1.165, 1.54) is 0 Å². The summed E-state index contributed by atoms with van der Waals surface area (Å²) >= 11 is 0. The van der Waals surface area contributed by atoms with Crippen molar-refractivity contribution in [3.8, 4) is 0 Å². The Morgan fingerprint density at radius 2 is 2.15 bits per heavy atom. The molecule has 0 saturated carbocycles. The first-order valence-corrected chi connectivity index (χ1v) is 7.59. The van der Waals surface area contributed by atoms with Crippen molar-refractivity contribution < 1.29 is 9.90 Å². The van der Waals surface area contributed by atoms with Gasteiger partial charge in [-0.15, -0.1) is 0 Å². The maximum atomic E-state index is 12.2. The van der Waals surface area contributed by atoms with Gasteiger partial charge in [-0.3, -0.25) is 4.79 Å². The molecule has 1 saturated heterocycles. The minimum atomic E-state index is 0.0116. The largest absolute Gasteiger partial charge is 0.396 e. The topological polar surface area (TPSA) is 66.3 Å². The first-order chi connectivity index (χ1) is 9.83. The van der Waals surface area contributed by atoms with Crippen molar-refractivity contribution in [3.05, 3.63) is 24.0 Å². The van der Waals surface area contributed by atoms with E-state index in [0.717, 1.165) is 50.9 Å². The van der Waals surface area contributed by atoms with E-state index in [-0.39, 0.29) is 12.5 Å². The lowest BCUT2D eigenvalue weighted by Crippen LogP contribution is -2.32. The van der Waals surface area contributed by atoms with Crippen molar-refractivity contribution in [2.45, 2.75) is 38.1 Å². The predicted octanol–water partition coefficient (Wildman–Crippen LogP) is 1.30. The lowest BCUT2D eigenvalue weighted by molar-refractivity contribution is 0.0940. The highest BCUT2D eigenvalue weighted by atomic mass is 16.2. The zero-order valence-electron chi connectivity index (χ0n) is 12.0. The van der Waals surface area contributed by atoms with Crippen molar-refractivity contribution in [1.82, 2.24) is 15.2 Å². The van der Waals surface area contributed by atoms with Crippen molar-refractivity contribution in [2.75, 3.05) is 26.2 Å². The third kappa shape index (κ3) is 4.08. The van der Waals surface area contributed by atoms with Crippen LogP contribution in [0.1, 0.15) is 48.6 Å². The van der Waals surface area contributed by atoms with E-state index in [2.05, 4.69) is 15.2 Å². The number of nitrogens with zero attached hydrogens (tertiary/aromatic N) is 1. The Hall–Kier alpha value is -1.33. The Labute approximate surface area is 120 Å². The number of hydrogen-bond donors (Lipinski definition) is 3. The van der Waals surface area contributed by atoms with Gasteiger partial charge in [0.25, 0.3) is 5.91 Å². The van der Waals surface area contributed by atoms with E-state index in [1.54, 1.807) is 0 Å². The quantitative estimate of drug-likeness (QED) is 0.659. The normalized spacial score (nSPS) is 16.2. The Morgan fingerprint density at radius 1 is 1.35 bits per heavy atom. The van der Waals surface area contributed by atoms with Crippen LogP contribution in [0.15, 0.2) is 18.3 Å². The minimum absolute atomic E-state index is 0.0116. The van der Waals surface area contributed by atoms with Crippen LogP contribution in [-0.4, -0.2) is 41.8 Å². The molecular weight excluding hydrogens is 254 g/mol. The number of aliphatic hydroxyl groups is 1. The number of aliphatic hydroxyl groups excluding tert-OH is 1. The Balaban J connectivity index is 1.85. The maximum absolute atomic E-state index is 12.2. The van der Waals surface area contributed by atoms with Gasteiger partial charge in [-0.05, 0) is 57.3 Å². The van der Waals surface area contributed by atoms with Gasteiger partial charge in [-0.2, -0.15) is 0 Å². The first-order valence-electron chi connectivity index (χ1n) is 7.59. The Bertz CT molecular complexity index is 411. The number of hydrogen-bond acceptors (Lipinski definition) is 3. The lowest BCUT2D eigenvalue weighted by atomic mass is 10.1. The van der Waals surface area contributed by atoms with Crippen LogP contribution in [0.3, 0.4) is 0 Å². The fourth-order valence-corrected chi connectivity index (χ4v) is 2.70. The van der Waals surface area contributed by atoms with Crippen LogP contribution in [0, 0.1) is 0 Å². The highest BCUT2D eigenvalue weighted by Gasteiger charge is 2.19. The van der Waals surface area contributed by atoms with Crippen molar-refractivity contribution >= 4 is 5.91 Å². The summed E-state index contributed by atoms with van der Waals surface area (Å²) in [5, 5.41) is 15.0. The highest BCUT2D eigenvalue weighted by Crippen LogP contribution is 2.21. The van der Waals surface area contributed by atoms with Crippen LogP contribution in [0.4, 0.5) is 0 Å². The zero-order valence-corrected chi connectivity index (χ0v) is 12.0. The standard InChI is InChI=1S/C15H25N3O2/c19-12-3-1-2-8-17-15(20)14-5-4-11-18(14)13-6-9-16-10-7-13/h4-5,11,13,16,19H,1-3,6-10,12H2,(H,17,20). The molecule has 0 unspecified atom stereocenters. The number of aromatic nitrogens is 1. The molecule has 20 heavy (non-hydrogen) atoms. The number of piperidine rings is 1. The van der Waals surface area contributed by atoms with Gasteiger partial charge in [0.15, 0.2) is 0 Å². The summed E-state index contributed by atoms with van der Waals surface area (Å²) < 4.78 is 2.11. The fourth-order valence-electron chi connectivity index (χ4n) is 2.70. The van der Waals surface area contributed by atoms with E-state index >= 15 is 0 Å². The number of unbranched alkanes of at least 4 members (excludes halogenated alkanes) is 2. The van der Waals surface area contributed by atoms with Gasteiger partial charge in [0.05, 0.1) is 0 Å². The molecule has 1 aliphatic heterocycles. The first kappa shape index (κ1) is 15.1. The molecule has 0 aromatic carbocycles. The van der Waals surface area contributed by atoms with Crippen molar-refractivity contribution in [2.24, 2.45) is 0 Å². The van der Waals surface area contributed by atoms with Crippen LogP contribution in [0.2, 0.25) is 0 Å². The molecule has 1 fully saturated rings. The van der Waals surface area contributed by atoms with Crippen molar-refractivity contribution in [3.63, 3.8) is 0 Å². The molecule has 112 valence electrons. The molecule has 0 spiro atoms. The van der Waals surface area contributed by atoms with Gasteiger partial charge >= 0.3 is 0 Å². The number of carbonyl (C=O) groups excluding carboxylic acids is 1. The predicted molar refractivity (Wildman–Crippen MR) is 78.8 cm³/mol. The maximum Gasteiger partial charge on any atom is 0.267 e. The molecule has 0 bridgehead atoms. The summed E-state index contributed by atoms with van der Waals surface area (Å²) in [7, 11) is 0. The minimum Gasteiger partial charge on any atom is -0.396 e. The Kier molecular flexibility index (Phi) is 6.08. The second kappa shape index (κ2) is 8.07. The molecule has 2 heterocycles. The van der Waals surface area contributed by atoms with Crippen molar-refractivity contribution in [1.29, 1.82) is 0 Å². The van der Waals surface area contributed by atoms with Gasteiger partial charge in [-0.25, -0.2) is 0 Å². The van der Waals surface area contributed by atoms with E-state index in [9.17, 15) is 4.79 Å². The molecule has 2 rings (SSSR count). The van der Waals surface area contributed by atoms with Gasteiger partial charge in [0.1, 0.15) is 5.69 Å². The van der Waals surface area contributed by atoms with Gasteiger partial charge in [-0.1, -0.05) is 0 Å². The summed E-state index contributed by atoms with van der Waals surface area (Å²) in [6.07, 6.45) is 6.83. The molecule has 5 nitrogen and oxygen atoms in total. The van der Waals surface area contributed by atoms with Crippen LogP contribution in [0.5, 0.6) is 0 Å². The third-order valence-corrected chi connectivity index (χ3v) is 3.83. The molecule has 0 radical (unpaired) electrons. The second-order valence-electron chi connectivity index (χ2n) is 5.32. The van der Waals surface area contributed by atoms with Crippen LogP contribution < -0.4 is 10.6 Å². The monoisotopic (exact) mass is 279 g/mol. The molecule has 1 aliphatic rings. The van der Waals surface area contributed by atoms with E-state index in [1.807, 2.05) is 18.3 Å². The van der Waals surface area contributed by atoms with Gasteiger partial charge in [0, 0.05) is 25.4 Å². The third-order valence-electron chi connectivity index (χ3n) is 3.83. The summed E-state index contributed by atoms with van der Waals surface area (Å²) in [5.74, 6) is 0.0116. The zero-order chi connectivity index (χ0) is 14.2. The summed E-state index contributed by atoms with van der Waals surface area (Å²) in [6, 6.07) is 4.27. The van der Waals surface area contributed by atoms with Crippen LogP contribution in [-0.2, 0) is 0 Å². The summed E-state index contributed by atoms with van der Waals surface area (Å²) in [6.45, 7) is 2.94. The summed E-state index contributed by atoms with van der Waals surface area (Å²) in [4.78, 5) is 12.2. The molecule has 0 aliphatic carbocycles. The molecule has 1 aromatic rings. The Morgan fingerprint density at radius 3 is 2.90 bits per heavy atom. The molecule has 1 amide bonds. The van der Waals surface area contributed by atoms with Crippen LogP contribution >= 0.6 is 0 Å². The van der Waals surface area contributed by atoms with Gasteiger partial charge < -0.3 is 20.3 Å². The molecule has 1 aromatic heterocycles. The van der Waals surface area contributed by atoms with Crippen LogP contribution in [0.25, 0.3) is 0 Å². The SMILES string of the molecule is O=C(NCCCCCO)c1cccn1C1CCNCC1. The van der Waals surface area contributed by atoms with E-state index in [0.29, 0.717) is 12.6 Å². The smallest absolute Gasteiger partial charge is 0.267 e. The fraction of sp³-hybridized carbons (Fsp3) is 0.667. The average molecular weight is 279 g/mol. The highest BCUT2D eigenvalue weighted by molar-refractivity contribution is 5.92. The van der Waals surface area contributed by atoms with E-state index in [4.69, 9.17) is 5.11 Å². The molecule has 0 atom stereocenters. The number of rotatable bonds is 7. The number of nitrogens with one attached hydrogen (secondary N) is 2. The molecule has 5 heteroatoms. The average Bonchev–Trinajstić information content (AvgIpc) is 2.97. The molecular formula is C15H25N3O2. The second-order valence-corrected chi connectivity index (χ2v) is 5.32. The van der Waals surface area contributed by atoms with Gasteiger partial charge in [0.2, 0.25) is 0 Å².